The van der Waals surface area contributed by atoms with Gasteiger partial charge in [-0.25, -0.2) is 9.48 Å². The predicted molar refractivity (Wildman–Crippen MR) is 114 cm³/mol. The number of hydrogen-bond donors (Lipinski definition) is 0. The van der Waals surface area contributed by atoms with Crippen LogP contribution in [0.5, 0.6) is 5.75 Å². The zero-order valence-electron chi connectivity index (χ0n) is 18.4. The van der Waals surface area contributed by atoms with Gasteiger partial charge in [-0.05, 0) is 61.2 Å². The number of aryl methyl sites for hydroxylation is 2. The summed E-state index contributed by atoms with van der Waals surface area (Å²) in [6, 6.07) is 10.7. The SMILES string of the molecule is CCCC(Oc1cc(C)c(-n2cc(C(F)(F)F)cn2)c(C)c1)c1ccc(C(=O)OC)cc1. The van der Waals surface area contributed by atoms with Crippen LogP contribution in [0.3, 0.4) is 0 Å². The van der Waals surface area contributed by atoms with Gasteiger partial charge in [0.1, 0.15) is 11.9 Å². The van der Waals surface area contributed by atoms with Gasteiger partial charge in [0, 0.05) is 6.20 Å². The van der Waals surface area contributed by atoms with Crippen molar-refractivity contribution < 1.29 is 27.4 Å². The van der Waals surface area contributed by atoms with E-state index in [9.17, 15) is 18.0 Å². The molecule has 3 aromatic rings. The number of alkyl halides is 3. The van der Waals surface area contributed by atoms with Crippen molar-refractivity contribution in [3.63, 3.8) is 0 Å². The number of rotatable bonds is 7. The first-order chi connectivity index (χ1) is 15.1. The zero-order chi connectivity index (χ0) is 23.5. The Labute approximate surface area is 184 Å². The van der Waals surface area contributed by atoms with Gasteiger partial charge in [-0.15, -0.1) is 0 Å². The van der Waals surface area contributed by atoms with Crippen molar-refractivity contribution in [2.75, 3.05) is 7.11 Å². The molecule has 8 heteroatoms. The van der Waals surface area contributed by atoms with Gasteiger partial charge in [0.25, 0.3) is 0 Å². The number of benzene rings is 2. The van der Waals surface area contributed by atoms with Gasteiger partial charge in [0.05, 0.1) is 30.1 Å². The lowest BCUT2D eigenvalue weighted by Crippen LogP contribution is -2.10. The number of halogens is 3. The fourth-order valence-electron chi connectivity index (χ4n) is 3.61. The number of hydrogen-bond acceptors (Lipinski definition) is 4. The highest BCUT2D eigenvalue weighted by atomic mass is 19.4. The standard InChI is InChI=1S/C24H25F3N2O3/c1-5-6-21(17-7-9-18(10-8-17)23(30)31-4)32-20-11-15(2)22(16(3)12-20)29-14-19(13-28-29)24(25,26)27/h7-14,21H,5-6H2,1-4H3. The van der Waals surface area contributed by atoms with Gasteiger partial charge < -0.3 is 9.47 Å². The molecule has 0 spiro atoms. The molecule has 170 valence electrons. The average Bonchev–Trinajstić information content (AvgIpc) is 3.23. The van der Waals surface area contributed by atoms with Gasteiger partial charge in [-0.1, -0.05) is 25.5 Å². The number of ether oxygens (including phenoxy) is 2. The third kappa shape index (κ3) is 5.12. The Balaban J connectivity index is 1.87. The number of methoxy groups -OCH3 is 1. The van der Waals surface area contributed by atoms with E-state index in [2.05, 4.69) is 12.0 Å². The van der Waals surface area contributed by atoms with Crippen molar-refractivity contribution in [3.05, 3.63) is 76.6 Å². The first-order valence-corrected chi connectivity index (χ1v) is 10.2. The van der Waals surface area contributed by atoms with E-state index in [1.807, 2.05) is 26.0 Å². The van der Waals surface area contributed by atoms with Gasteiger partial charge in [-0.3, -0.25) is 0 Å². The molecule has 5 nitrogen and oxygen atoms in total. The Hall–Kier alpha value is -3.29. The minimum atomic E-state index is -4.44. The highest BCUT2D eigenvalue weighted by molar-refractivity contribution is 5.89. The molecule has 3 rings (SSSR count). The monoisotopic (exact) mass is 446 g/mol. The lowest BCUT2D eigenvalue weighted by atomic mass is 10.0. The minimum Gasteiger partial charge on any atom is -0.486 e. The molecule has 0 amide bonds. The molecular weight excluding hydrogens is 421 g/mol. The van der Waals surface area contributed by atoms with E-state index in [0.29, 0.717) is 17.0 Å². The molecule has 0 aliphatic carbocycles. The zero-order valence-corrected chi connectivity index (χ0v) is 18.4. The Morgan fingerprint density at radius 3 is 2.25 bits per heavy atom. The molecule has 0 radical (unpaired) electrons. The first kappa shape index (κ1) is 23.4. The molecular formula is C24H25F3N2O3. The summed E-state index contributed by atoms with van der Waals surface area (Å²) >= 11 is 0. The van der Waals surface area contributed by atoms with Crippen molar-refractivity contribution in [1.29, 1.82) is 0 Å². The van der Waals surface area contributed by atoms with Crippen LogP contribution in [0.1, 0.15) is 58.5 Å². The number of carbonyl (C=O) groups is 1. The maximum absolute atomic E-state index is 12.9. The first-order valence-electron chi connectivity index (χ1n) is 10.2. The molecule has 0 bridgehead atoms. The van der Waals surface area contributed by atoms with Crippen LogP contribution in [0, 0.1) is 13.8 Å². The smallest absolute Gasteiger partial charge is 0.419 e. The van der Waals surface area contributed by atoms with Crippen LogP contribution in [0.4, 0.5) is 13.2 Å². The molecule has 32 heavy (non-hydrogen) atoms. The second-order valence-corrected chi connectivity index (χ2v) is 7.59. The molecule has 1 aromatic heterocycles. The summed E-state index contributed by atoms with van der Waals surface area (Å²) in [4.78, 5) is 11.7. The molecule has 1 heterocycles. The van der Waals surface area contributed by atoms with E-state index in [1.165, 1.54) is 11.8 Å². The largest absolute Gasteiger partial charge is 0.486 e. The van der Waals surface area contributed by atoms with Crippen LogP contribution in [-0.2, 0) is 10.9 Å². The normalized spacial score (nSPS) is 12.5. The van der Waals surface area contributed by atoms with Crippen LogP contribution in [0.2, 0.25) is 0 Å². The van der Waals surface area contributed by atoms with Crippen molar-refractivity contribution in [3.8, 4) is 11.4 Å². The van der Waals surface area contributed by atoms with Crippen molar-refractivity contribution in [2.24, 2.45) is 0 Å². The molecule has 1 atom stereocenters. The Kier molecular flexibility index (Phi) is 6.91. The molecule has 2 aromatic carbocycles. The summed E-state index contributed by atoms with van der Waals surface area (Å²) in [5.74, 6) is 0.209. The summed E-state index contributed by atoms with van der Waals surface area (Å²) in [5.41, 5.74) is 2.65. The third-order valence-electron chi connectivity index (χ3n) is 5.14. The minimum absolute atomic E-state index is 0.238. The van der Waals surface area contributed by atoms with Crippen LogP contribution in [-0.4, -0.2) is 22.9 Å². The molecule has 0 aliphatic rings. The number of nitrogens with zero attached hydrogens (tertiary/aromatic N) is 2. The predicted octanol–water partition coefficient (Wildman–Crippen LogP) is 6.21. The van der Waals surface area contributed by atoms with E-state index in [4.69, 9.17) is 9.47 Å². The molecule has 0 aliphatic heterocycles. The highest BCUT2D eigenvalue weighted by Crippen LogP contribution is 2.33. The van der Waals surface area contributed by atoms with Gasteiger partial charge in [0.2, 0.25) is 0 Å². The Morgan fingerprint density at radius 1 is 1.12 bits per heavy atom. The van der Waals surface area contributed by atoms with E-state index >= 15 is 0 Å². The second kappa shape index (κ2) is 9.46. The third-order valence-corrected chi connectivity index (χ3v) is 5.14. The van der Waals surface area contributed by atoms with Gasteiger partial charge in [-0.2, -0.15) is 18.3 Å². The van der Waals surface area contributed by atoms with E-state index in [1.54, 1.807) is 24.3 Å². The summed E-state index contributed by atoms with van der Waals surface area (Å²) in [6.45, 7) is 5.67. The number of aromatic nitrogens is 2. The van der Waals surface area contributed by atoms with Crippen LogP contribution in [0.15, 0.2) is 48.8 Å². The summed E-state index contributed by atoms with van der Waals surface area (Å²) < 4.78 is 51.1. The van der Waals surface area contributed by atoms with Gasteiger partial charge >= 0.3 is 12.1 Å². The van der Waals surface area contributed by atoms with Crippen LogP contribution < -0.4 is 4.74 Å². The quantitative estimate of drug-likeness (QED) is 0.405. The van der Waals surface area contributed by atoms with E-state index in [-0.39, 0.29) is 6.10 Å². The molecule has 1 unspecified atom stereocenters. The molecule has 0 N–H and O–H groups in total. The number of carbonyl (C=O) groups excluding carboxylic acids is 1. The Bertz CT molecular complexity index is 1070. The van der Waals surface area contributed by atoms with Crippen LogP contribution in [0.25, 0.3) is 5.69 Å². The van der Waals surface area contributed by atoms with E-state index in [0.717, 1.165) is 41.9 Å². The Morgan fingerprint density at radius 2 is 1.75 bits per heavy atom. The maximum atomic E-state index is 12.9. The van der Waals surface area contributed by atoms with Crippen molar-refractivity contribution in [2.45, 2.75) is 45.9 Å². The summed E-state index contributed by atoms with van der Waals surface area (Å²) in [5, 5.41) is 3.89. The second-order valence-electron chi connectivity index (χ2n) is 7.59. The lowest BCUT2D eigenvalue weighted by Gasteiger charge is -2.21. The lowest BCUT2D eigenvalue weighted by molar-refractivity contribution is -0.137. The van der Waals surface area contributed by atoms with E-state index < -0.39 is 17.7 Å². The van der Waals surface area contributed by atoms with Crippen LogP contribution >= 0.6 is 0 Å². The molecule has 0 saturated carbocycles. The highest BCUT2D eigenvalue weighted by Gasteiger charge is 2.32. The summed E-state index contributed by atoms with van der Waals surface area (Å²) in [7, 11) is 1.33. The summed E-state index contributed by atoms with van der Waals surface area (Å²) in [6.07, 6.45) is -1.24. The fourth-order valence-corrected chi connectivity index (χ4v) is 3.61. The van der Waals surface area contributed by atoms with Crippen molar-refractivity contribution >= 4 is 5.97 Å². The molecule has 0 fully saturated rings. The number of esters is 1. The molecule has 0 saturated heterocycles. The maximum Gasteiger partial charge on any atom is 0.419 e. The van der Waals surface area contributed by atoms with Gasteiger partial charge in [0.15, 0.2) is 0 Å². The average molecular weight is 446 g/mol. The topological polar surface area (TPSA) is 53.4 Å². The van der Waals surface area contributed by atoms with Crippen molar-refractivity contribution in [1.82, 2.24) is 9.78 Å². The fraction of sp³-hybridized carbons (Fsp3) is 0.333.